The molecule has 2 rings (SSSR count). The molecule has 1 saturated heterocycles. The van der Waals surface area contributed by atoms with E-state index in [0.29, 0.717) is 25.9 Å². The number of nitrogens with one attached hydrogen (secondary N) is 1. The Morgan fingerprint density at radius 1 is 1.35 bits per heavy atom. The van der Waals surface area contributed by atoms with Crippen molar-refractivity contribution >= 4 is 29.9 Å². The summed E-state index contributed by atoms with van der Waals surface area (Å²) in [5.74, 6) is 0.879. The lowest BCUT2D eigenvalue weighted by molar-refractivity contribution is 0.0190. The van der Waals surface area contributed by atoms with Gasteiger partial charge in [0.1, 0.15) is 0 Å². The van der Waals surface area contributed by atoms with E-state index in [0.717, 1.165) is 32.0 Å². The zero-order chi connectivity index (χ0) is 15.6. The first-order valence-corrected chi connectivity index (χ1v) is 7.94. The van der Waals surface area contributed by atoms with Crippen LogP contribution in [0.25, 0.3) is 0 Å². The van der Waals surface area contributed by atoms with Crippen molar-refractivity contribution in [1.82, 2.24) is 10.2 Å². The van der Waals surface area contributed by atoms with Crippen molar-refractivity contribution in [3.8, 4) is 0 Å². The van der Waals surface area contributed by atoms with Crippen LogP contribution in [0.4, 0.5) is 0 Å². The quantitative estimate of drug-likeness (QED) is 0.311. The van der Waals surface area contributed by atoms with Crippen LogP contribution in [0, 0.1) is 0 Å². The summed E-state index contributed by atoms with van der Waals surface area (Å²) in [5, 5.41) is 3.32. The molecule has 6 heteroatoms. The number of rotatable bonds is 7. The smallest absolute Gasteiger partial charge is 0.193 e. The second-order valence-corrected chi connectivity index (χ2v) is 5.66. The van der Waals surface area contributed by atoms with Crippen LogP contribution >= 0.6 is 24.0 Å². The summed E-state index contributed by atoms with van der Waals surface area (Å²) in [6.45, 7) is 3.66. The number of hydrogen-bond donors (Lipinski definition) is 1. The maximum Gasteiger partial charge on any atom is 0.193 e. The van der Waals surface area contributed by atoms with Gasteiger partial charge in [-0.25, -0.2) is 4.99 Å². The highest BCUT2D eigenvalue weighted by Crippen LogP contribution is 2.11. The lowest BCUT2D eigenvalue weighted by Crippen LogP contribution is -2.38. The van der Waals surface area contributed by atoms with Crippen molar-refractivity contribution < 1.29 is 9.47 Å². The van der Waals surface area contributed by atoms with E-state index < -0.39 is 0 Å². The zero-order valence-electron chi connectivity index (χ0n) is 14.0. The average Bonchev–Trinajstić information content (AvgIpc) is 3.04. The van der Waals surface area contributed by atoms with Crippen LogP contribution in [0.2, 0.25) is 0 Å². The number of benzene rings is 1. The van der Waals surface area contributed by atoms with Gasteiger partial charge < -0.3 is 19.7 Å². The fourth-order valence-corrected chi connectivity index (χ4v) is 2.33. The second-order valence-electron chi connectivity index (χ2n) is 5.66. The van der Waals surface area contributed by atoms with Crippen molar-refractivity contribution in [3.05, 3.63) is 35.9 Å². The van der Waals surface area contributed by atoms with E-state index in [1.54, 1.807) is 0 Å². The molecule has 1 aliphatic rings. The number of halogens is 1. The molecule has 1 N–H and O–H groups in total. The third-order valence-electron chi connectivity index (χ3n) is 3.54. The van der Waals surface area contributed by atoms with Gasteiger partial charge in [0.15, 0.2) is 5.96 Å². The minimum absolute atomic E-state index is 0. The molecule has 1 fully saturated rings. The molecule has 1 aromatic rings. The van der Waals surface area contributed by atoms with Crippen LogP contribution in [-0.2, 0) is 16.0 Å². The fraction of sp³-hybridized carbons (Fsp3) is 0.588. The van der Waals surface area contributed by atoms with Gasteiger partial charge in [0.2, 0.25) is 0 Å². The summed E-state index contributed by atoms with van der Waals surface area (Å²) >= 11 is 0. The maximum atomic E-state index is 5.65. The largest absolute Gasteiger partial charge is 0.377 e. The molecule has 0 amide bonds. The molecule has 0 spiro atoms. The molecule has 5 nitrogen and oxygen atoms in total. The predicted molar refractivity (Wildman–Crippen MR) is 104 cm³/mol. The normalized spacial score (nSPS) is 17.7. The topological polar surface area (TPSA) is 46.1 Å². The summed E-state index contributed by atoms with van der Waals surface area (Å²) in [6.07, 6.45) is 2.57. The van der Waals surface area contributed by atoms with Crippen molar-refractivity contribution in [3.63, 3.8) is 0 Å². The first-order valence-electron chi connectivity index (χ1n) is 7.94. The molecule has 0 bridgehead atoms. The molecule has 1 atom stereocenters. The lowest BCUT2D eigenvalue weighted by atomic mass is 10.2. The lowest BCUT2D eigenvalue weighted by Gasteiger charge is -2.18. The third-order valence-corrected chi connectivity index (χ3v) is 3.54. The van der Waals surface area contributed by atoms with Crippen LogP contribution in [0.5, 0.6) is 0 Å². The number of aliphatic imine (C=N–C) groups is 1. The Kier molecular flexibility index (Phi) is 10.2. The van der Waals surface area contributed by atoms with E-state index in [1.165, 1.54) is 5.56 Å². The highest BCUT2D eigenvalue weighted by molar-refractivity contribution is 14.0. The summed E-state index contributed by atoms with van der Waals surface area (Å²) in [4.78, 5) is 6.61. The van der Waals surface area contributed by atoms with E-state index in [2.05, 4.69) is 22.4 Å². The van der Waals surface area contributed by atoms with Gasteiger partial charge in [-0.1, -0.05) is 30.3 Å². The minimum atomic E-state index is 0. The van der Waals surface area contributed by atoms with E-state index in [9.17, 15) is 0 Å². The Balaban J connectivity index is 0.00000264. The minimum Gasteiger partial charge on any atom is -0.377 e. The molecule has 1 unspecified atom stereocenters. The number of nitrogens with zero attached hydrogens (tertiary/aromatic N) is 2. The van der Waals surface area contributed by atoms with Gasteiger partial charge in [-0.15, -0.1) is 24.0 Å². The van der Waals surface area contributed by atoms with Crippen LogP contribution in [-0.4, -0.2) is 57.4 Å². The van der Waals surface area contributed by atoms with Crippen LogP contribution in [0.1, 0.15) is 18.4 Å². The van der Waals surface area contributed by atoms with Gasteiger partial charge >= 0.3 is 0 Å². The summed E-state index contributed by atoms with van der Waals surface area (Å²) < 4.78 is 11.2. The second kappa shape index (κ2) is 11.6. The standard InChI is InChI=1S/C17H27N3O2.HI/c1-20(2)17(19-13-15-7-4-3-5-8-15)18-10-12-21-14-16-9-6-11-22-16;/h3-5,7-8,16H,6,9-14H2,1-2H3,(H,18,19);1H. The van der Waals surface area contributed by atoms with Gasteiger partial charge in [0.05, 0.1) is 25.9 Å². The van der Waals surface area contributed by atoms with Gasteiger partial charge in [-0.2, -0.15) is 0 Å². The Hall–Kier alpha value is -0.860. The molecule has 1 heterocycles. The molecule has 0 aromatic heterocycles. The fourth-order valence-electron chi connectivity index (χ4n) is 2.33. The Morgan fingerprint density at radius 2 is 2.13 bits per heavy atom. The van der Waals surface area contributed by atoms with Gasteiger partial charge in [-0.3, -0.25) is 0 Å². The SMILES string of the molecule is CN(C)C(=NCc1ccccc1)NCCOCC1CCCO1.I. The van der Waals surface area contributed by atoms with Gasteiger partial charge in [0.25, 0.3) is 0 Å². The predicted octanol–water partition coefficient (Wildman–Crippen LogP) is 2.51. The molecular weight excluding hydrogens is 405 g/mol. The Morgan fingerprint density at radius 3 is 2.78 bits per heavy atom. The van der Waals surface area contributed by atoms with Gasteiger partial charge in [0, 0.05) is 27.2 Å². The van der Waals surface area contributed by atoms with E-state index in [4.69, 9.17) is 9.47 Å². The van der Waals surface area contributed by atoms with E-state index >= 15 is 0 Å². The number of hydrogen-bond acceptors (Lipinski definition) is 3. The average molecular weight is 433 g/mol. The monoisotopic (exact) mass is 433 g/mol. The Labute approximate surface area is 156 Å². The molecular formula is C17H28IN3O2. The number of guanidine groups is 1. The van der Waals surface area contributed by atoms with Gasteiger partial charge in [-0.05, 0) is 18.4 Å². The van der Waals surface area contributed by atoms with Crippen LogP contribution in [0.3, 0.4) is 0 Å². The van der Waals surface area contributed by atoms with Crippen LogP contribution in [0.15, 0.2) is 35.3 Å². The zero-order valence-corrected chi connectivity index (χ0v) is 16.4. The summed E-state index contributed by atoms with van der Waals surface area (Å²) in [7, 11) is 3.98. The Bertz CT molecular complexity index is 448. The summed E-state index contributed by atoms with van der Waals surface area (Å²) in [6, 6.07) is 10.3. The van der Waals surface area contributed by atoms with Crippen LogP contribution < -0.4 is 5.32 Å². The van der Waals surface area contributed by atoms with E-state index in [-0.39, 0.29) is 24.0 Å². The molecule has 1 aromatic carbocycles. The number of ether oxygens (including phenoxy) is 2. The highest BCUT2D eigenvalue weighted by atomic mass is 127. The van der Waals surface area contributed by atoms with Crippen molar-refractivity contribution in [2.24, 2.45) is 4.99 Å². The molecule has 0 radical (unpaired) electrons. The van der Waals surface area contributed by atoms with Crippen molar-refractivity contribution in [2.75, 3.05) is 40.5 Å². The van der Waals surface area contributed by atoms with Crippen molar-refractivity contribution in [1.29, 1.82) is 0 Å². The van der Waals surface area contributed by atoms with Crippen molar-refractivity contribution in [2.45, 2.75) is 25.5 Å². The maximum absolute atomic E-state index is 5.65. The molecule has 23 heavy (non-hydrogen) atoms. The van der Waals surface area contributed by atoms with E-state index in [1.807, 2.05) is 37.2 Å². The molecule has 1 aliphatic heterocycles. The first kappa shape index (κ1) is 20.2. The first-order chi connectivity index (χ1) is 10.8. The molecule has 0 saturated carbocycles. The molecule has 0 aliphatic carbocycles. The third kappa shape index (κ3) is 7.99. The molecule has 130 valence electrons. The summed E-state index contributed by atoms with van der Waals surface area (Å²) in [5.41, 5.74) is 1.21. The highest BCUT2D eigenvalue weighted by Gasteiger charge is 2.14.